The van der Waals surface area contributed by atoms with Crippen molar-refractivity contribution in [3.05, 3.63) is 34.9 Å². The average Bonchev–Trinajstić information content (AvgIpc) is 3.51. The van der Waals surface area contributed by atoms with Crippen LogP contribution in [0.4, 0.5) is 15.6 Å². The van der Waals surface area contributed by atoms with Gasteiger partial charge in [-0.05, 0) is 51.7 Å². The Balaban J connectivity index is 1.51. The molecule has 1 fully saturated rings. The molecule has 0 unspecified atom stereocenters. The minimum absolute atomic E-state index is 0.0943. The minimum Gasteiger partial charge on any atom is -0.447 e. The number of hydrogen-bond acceptors (Lipinski definition) is 10. The summed E-state index contributed by atoms with van der Waals surface area (Å²) in [5.41, 5.74) is 2.82. The molecule has 0 saturated heterocycles. The third-order valence-electron chi connectivity index (χ3n) is 5.75. The number of carbonyl (C=O) groups is 1. The second kappa shape index (κ2) is 11.6. The number of sulfonamides is 1. The van der Waals surface area contributed by atoms with E-state index < -0.39 is 10.0 Å². The molecule has 4 rings (SSSR count). The number of anilines is 2. The number of thiazole rings is 1. The Morgan fingerprint density at radius 2 is 2.00 bits per heavy atom. The Labute approximate surface area is 219 Å². The number of nitrogens with zero attached hydrogens (tertiary/aromatic N) is 3. The van der Waals surface area contributed by atoms with Gasteiger partial charge >= 0.3 is 6.09 Å². The quantitative estimate of drug-likeness (QED) is 0.344. The molecule has 0 aliphatic heterocycles. The van der Waals surface area contributed by atoms with E-state index in [-0.39, 0.29) is 35.6 Å². The predicted molar refractivity (Wildman–Crippen MR) is 141 cm³/mol. The van der Waals surface area contributed by atoms with Crippen molar-refractivity contribution in [2.45, 2.75) is 69.4 Å². The van der Waals surface area contributed by atoms with Gasteiger partial charge < -0.3 is 15.4 Å². The molecular weight excluding hydrogens is 520 g/mol. The SMILES string of the molecule is CCNS(=O)(=O)c1cc(Nc2nncs2)ccc1-c1cnc(C2CCC(NC(=O)OC(C)C)CC2)s1. The Bertz CT molecular complexity index is 1270. The normalized spacial score (nSPS) is 18.2. The Morgan fingerprint density at radius 3 is 2.67 bits per heavy atom. The lowest BCUT2D eigenvalue weighted by atomic mass is 9.86. The van der Waals surface area contributed by atoms with Crippen LogP contribution < -0.4 is 15.4 Å². The van der Waals surface area contributed by atoms with E-state index in [1.165, 1.54) is 22.7 Å². The smallest absolute Gasteiger partial charge is 0.407 e. The van der Waals surface area contributed by atoms with Crippen molar-refractivity contribution < 1.29 is 17.9 Å². The van der Waals surface area contributed by atoms with Gasteiger partial charge in [0.25, 0.3) is 0 Å². The van der Waals surface area contributed by atoms with Gasteiger partial charge in [0.15, 0.2) is 0 Å². The highest BCUT2D eigenvalue weighted by atomic mass is 32.2. The summed E-state index contributed by atoms with van der Waals surface area (Å²) in [5, 5.41) is 15.4. The zero-order valence-electron chi connectivity index (χ0n) is 20.4. The van der Waals surface area contributed by atoms with Crippen LogP contribution in [-0.4, -0.2) is 48.4 Å². The number of amides is 1. The first-order valence-corrected chi connectivity index (χ1v) is 15.0. The van der Waals surface area contributed by atoms with Crippen molar-refractivity contribution in [3.8, 4) is 10.4 Å². The fourth-order valence-corrected chi connectivity index (χ4v) is 7.09. The summed E-state index contributed by atoms with van der Waals surface area (Å²) in [6, 6.07) is 5.33. The molecule has 3 N–H and O–H groups in total. The van der Waals surface area contributed by atoms with E-state index in [1.54, 1.807) is 30.8 Å². The van der Waals surface area contributed by atoms with E-state index in [2.05, 4.69) is 30.5 Å². The van der Waals surface area contributed by atoms with E-state index in [9.17, 15) is 13.2 Å². The summed E-state index contributed by atoms with van der Waals surface area (Å²) in [4.78, 5) is 17.5. The predicted octanol–water partition coefficient (Wildman–Crippen LogP) is 4.86. The Kier molecular flexibility index (Phi) is 8.54. The largest absolute Gasteiger partial charge is 0.447 e. The highest BCUT2D eigenvalue weighted by molar-refractivity contribution is 7.89. The summed E-state index contributed by atoms with van der Waals surface area (Å²) in [6.45, 7) is 5.69. The fraction of sp³-hybridized carbons (Fsp3) is 0.478. The van der Waals surface area contributed by atoms with Gasteiger partial charge in [0.05, 0.1) is 20.9 Å². The molecular formula is C23H30N6O4S3. The molecule has 194 valence electrons. The number of benzene rings is 1. The number of alkyl carbamates (subject to hydrolysis) is 1. The van der Waals surface area contributed by atoms with Crippen LogP contribution in [0.25, 0.3) is 10.4 Å². The number of nitrogens with one attached hydrogen (secondary N) is 3. The molecule has 3 aromatic rings. The summed E-state index contributed by atoms with van der Waals surface area (Å²) in [6.07, 6.45) is 4.72. The maximum atomic E-state index is 13.1. The summed E-state index contributed by atoms with van der Waals surface area (Å²) in [7, 11) is -3.73. The Morgan fingerprint density at radius 1 is 1.22 bits per heavy atom. The number of carbonyl (C=O) groups excluding carboxylic acids is 1. The summed E-state index contributed by atoms with van der Waals surface area (Å²) in [5.74, 6) is 0.273. The number of hydrogen-bond donors (Lipinski definition) is 3. The second-order valence-corrected chi connectivity index (χ2v) is 12.4. The monoisotopic (exact) mass is 550 g/mol. The molecule has 1 saturated carbocycles. The molecule has 0 atom stereocenters. The van der Waals surface area contributed by atoms with Crippen molar-refractivity contribution in [1.29, 1.82) is 0 Å². The van der Waals surface area contributed by atoms with E-state index in [4.69, 9.17) is 4.74 Å². The van der Waals surface area contributed by atoms with E-state index in [0.29, 0.717) is 16.4 Å². The highest BCUT2D eigenvalue weighted by Crippen LogP contribution is 2.40. The van der Waals surface area contributed by atoms with E-state index >= 15 is 0 Å². The molecule has 2 heterocycles. The van der Waals surface area contributed by atoms with E-state index in [1.807, 2.05) is 19.9 Å². The van der Waals surface area contributed by atoms with Crippen LogP contribution in [0.3, 0.4) is 0 Å². The van der Waals surface area contributed by atoms with Crippen LogP contribution >= 0.6 is 22.7 Å². The molecule has 1 aromatic carbocycles. The van der Waals surface area contributed by atoms with Crippen molar-refractivity contribution in [2.24, 2.45) is 0 Å². The minimum atomic E-state index is -3.73. The second-order valence-electron chi connectivity index (χ2n) is 8.79. The molecule has 13 heteroatoms. The lowest BCUT2D eigenvalue weighted by Crippen LogP contribution is -2.38. The van der Waals surface area contributed by atoms with Gasteiger partial charge in [-0.15, -0.1) is 21.5 Å². The topological polar surface area (TPSA) is 135 Å². The molecule has 0 bridgehead atoms. The maximum Gasteiger partial charge on any atom is 0.407 e. The lowest BCUT2D eigenvalue weighted by Gasteiger charge is -2.28. The molecule has 0 radical (unpaired) electrons. The molecule has 1 amide bonds. The van der Waals surface area contributed by atoms with Crippen LogP contribution in [-0.2, 0) is 14.8 Å². The van der Waals surface area contributed by atoms with Crippen LogP contribution in [0.2, 0.25) is 0 Å². The molecule has 1 aliphatic rings. The first-order chi connectivity index (χ1) is 17.2. The number of aromatic nitrogens is 3. The van der Waals surface area contributed by atoms with Crippen molar-refractivity contribution >= 4 is 49.6 Å². The first kappa shape index (κ1) is 26.5. The van der Waals surface area contributed by atoms with Gasteiger partial charge in [-0.2, -0.15) is 0 Å². The van der Waals surface area contributed by atoms with Crippen LogP contribution in [0.5, 0.6) is 0 Å². The first-order valence-electron chi connectivity index (χ1n) is 11.8. The van der Waals surface area contributed by atoms with E-state index in [0.717, 1.165) is 35.6 Å². The van der Waals surface area contributed by atoms with Gasteiger partial charge in [0, 0.05) is 36.0 Å². The maximum absolute atomic E-state index is 13.1. The summed E-state index contributed by atoms with van der Waals surface area (Å²) >= 11 is 2.85. The number of ether oxygens (including phenoxy) is 1. The average molecular weight is 551 g/mol. The van der Waals surface area contributed by atoms with Crippen molar-refractivity contribution in [1.82, 2.24) is 25.2 Å². The summed E-state index contributed by atoms with van der Waals surface area (Å²) < 4.78 is 33.9. The van der Waals surface area contributed by atoms with Gasteiger partial charge in [-0.3, -0.25) is 0 Å². The van der Waals surface area contributed by atoms with Crippen LogP contribution in [0, 0.1) is 0 Å². The van der Waals surface area contributed by atoms with Crippen LogP contribution in [0.1, 0.15) is 57.4 Å². The molecule has 0 spiro atoms. The van der Waals surface area contributed by atoms with Crippen molar-refractivity contribution in [3.63, 3.8) is 0 Å². The van der Waals surface area contributed by atoms with Gasteiger partial charge in [0.2, 0.25) is 15.2 Å². The van der Waals surface area contributed by atoms with Gasteiger partial charge in [-0.25, -0.2) is 22.9 Å². The molecule has 10 nitrogen and oxygen atoms in total. The van der Waals surface area contributed by atoms with Crippen LogP contribution in [0.15, 0.2) is 34.8 Å². The standard InChI is InChI=1S/C23H30N6O4S3/c1-4-26-36(31,32)20-11-17(27-22-29-25-13-34-22)9-10-18(20)19-12-24-21(35-19)15-5-7-16(8-6-15)28-23(30)33-14(2)3/h9-16,26H,4-8H2,1-3H3,(H,27,29)(H,28,30). The van der Waals surface area contributed by atoms with Crippen molar-refractivity contribution in [2.75, 3.05) is 11.9 Å². The Hall–Kier alpha value is -2.61. The highest BCUT2D eigenvalue weighted by Gasteiger charge is 2.27. The fourth-order valence-electron chi connectivity index (χ4n) is 4.15. The third-order valence-corrected chi connectivity index (χ3v) is 9.13. The lowest BCUT2D eigenvalue weighted by molar-refractivity contribution is 0.109. The zero-order valence-corrected chi connectivity index (χ0v) is 22.8. The van der Waals surface area contributed by atoms with Gasteiger partial charge in [-0.1, -0.05) is 24.3 Å². The molecule has 36 heavy (non-hydrogen) atoms. The molecule has 1 aliphatic carbocycles. The number of rotatable bonds is 9. The van der Waals surface area contributed by atoms with Gasteiger partial charge in [0.1, 0.15) is 5.51 Å². The molecule has 2 aromatic heterocycles. The third kappa shape index (κ3) is 6.58. The zero-order chi connectivity index (χ0) is 25.7.